The SMILES string of the molecule is CCOP(=O)(CCO[C@@H]1CN(C(=O)OC(C)(C)C)C[C@@H]1O)OCC. The lowest BCUT2D eigenvalue weighted by molar-refractivity contribution is -0.00375. The van der Waals surface area contributed by atoms with Crippen LogP contribution >= 0.6 is 7.60 Å². The summed E-state index contributed by atoms with van der Waals surface area (Å²) in [6, 6.07) is 0. The summed E-state index contributed by atoms with van der Waals surface area (Å²) in [4.78, 5) is 13.4. The van der Waals surface area contributed by atoms with E-state index >= 15 is 0 Å². The number of likely N-dealkylation sites (tertiary alicyclic amines) is 1. The zero-order valence-corrected chi connectivity index (χ0v) is 16.1. The summed E-state index contributed by atoms with van der Waals surface area (Å²) >= 11 is 0. The molecule has 0 bridgehead atoms. The third kappa shape index (κ3) is 7.07. The average molecular weight is 367 g/mol. The highest BCUT2D eigenvalue weighted by molar-refractivity contribution is 7.53. The van der Waals surface area contributed by atoms with Crippen LogP contribution in [0.1, 0.15) is 34.6 Å². The van der Waals surface area contributed by atoms with E-state index in [0.717, 1.165) is 0 Å². The van der Waals surface area contributed by atoms with Crippen LogP contribution in [-0.4, -0.2) is 73.0 Å². The Morgan fingerprint density at radius 3 is 2.29 bits per heavy atom. The highest BCUT2D eigenvalue weighted by atomic mass is 31.2. The first-order valence-corrected chi connectivity index (χ1v) is 9.98. The van der Waals surface area contributed by atoms with Crippen LogP contribution in [0.5, 0.6) is 0 Å². The third-order valence-electron chi connectivity index (χ3n) is 3.24. The maximum absolute atomic E-state index is 12.3. The van der Waals surface area contributed by atoms with E-state index in [9.17, 15) is 14.5 Å². The lowest BCUT2D eigenvalue weighted by Gasteiger charge is -2.24. The van der Waals surface area contributed by atoms with Gasteiger partial charge in [0, 0.05) is 0 Å². The Kier molecular flexibility index (Phi) is 8.15. The fraction of sp³-hybridized carbons (Fsp3) is 0.933. The zero-order valence-electron chi connectivity index (χ0n) is 15.2. The van der Waals surface area contributed by atoms with Crippen LogP contribution < -0.4 is 0 Å². The molecule has 0 radical (unpaired) electrons. The summed E-state index contributed by atoms with van der Waals surface area (Å²) in [7, 11) is -3.17. The maximum Gasteiger partial charge on any atom is 0.410 e. The molecule has 1 rings (SSSR count). The summed E-state index contributed by atoms with van der Waals surface area (Å²) in [6.45, 7) is 9.89. The molecule has 1 aliphatic heterocycles. The van der Waals surface area contributed by atoms with Gasteiger partial charge in [0.2, 0.25) is 0 Å². The summed E-state index contributed by atoms with van der Waals surface area (Å²) in [5.41, 5.74) is -0.595. The van der Waals surface area contributed by atoms with Crippen molar-refractivity contribution in [2.75, 3.05) is 39.1 Å². The van der Waals surface area contributed by atoms with Gasteiger partial charge in [-0.3, -0.25) is 4.57 Å². The van der Waals surface area contributed by atoms with E-state index in [1.807, 2.05) is 0 Å². The van der Waals surface area contributed by atoms with Gasteiger partial charge in [-0.2, -0.15) is 0 Å². The highest BCUT2D eigenvalue weighted by Crippen LogP contribution is 2.47. The molecule has 1 fully saturated rings. The summed E-state index contributed by atoms with van der Waals surface area (Å²) < 4.78 is 33.5. The summed E-state index contributed by atoms with van der Waals surface area (Å²) in [5, 5.41) is 10.0. The number of aliphatic hydroxyl groups excluding tert-OH is 1. The predicted octanol–water partition coefficient (Wildman–Crippen LogP) is 2.25. The molecule has 8 nitrogen and oxygen atoms in total. The second-order valence-corrected chi connectivity index (χ2v) is 8.72. The molecule has 9 heteroatoms. The summed E-state index contributed by atoms with van der Waals surface area (Å²) in [6.07, 6.45) is -1.74. The van der Waals surface area contributed by atoms with Crippen molar-refractivity contribution in [1.29, 1.82) is 0 Å². The van der Waals surface area contributed by atoms with Crippen molar-refractivity contribution >= 4 is 13.7 Å². The van der Waals surface area contributed by atoms with Crippen LogP contribution in [0.3, 0.4) is 0 Å². The van der Waals surface area contributed by atoms with Crippen LogP contribution in [0, 0.1) is 0 Å². The van der Waals surface area contributed by atoms with Crippen molar-refractivity contribution in [3.63, 3.8) is 0 Å². The minimum Gasteiger partial charge on any atom is -0.444 e. The number of hydrogen-bond donors (Lipinski definition) is 1. The maximum atomic E-state index is 12.3. The van der Waals surface area contributed by atoms with Gasteiger partial charge in [0.05, 0.1) is 45.2 Å². The molecule has 24 heavy (non-hydrogen) atoms. The Morgan fingerprint density at radius 2 is 1.79 bits per heavy atom. The molecule has 0 aromatic carbocycles. The molecule has 0 saturated carbocycles. The van der Waals surface area contributed by atoms with Gasteiger partial charge in [-0.15, -0.1) is 0 Å². The topological polar surface area (TPSA) is 94.5 Å². The number of nitrogens with zero attached hydrogens (tertiary/aromatic N) is 1. The van der Waals surface area contributed by atoms with Crippen LogP contribution in [0.15, 0.2) is 0 Å². The van der Waals surface area contributed by atoms with Gasteiger partial charge in [0.25, 0.3) is 0 Å². The van der Waals surface area contributed by atoms with E-state index < -0.39 is 31.5 Å². The van der Waals surface area contributed by atoms with Gasteiger partial charge in [0.1, 0.15) is 11.7 Å². The fourth-order valence-electron chi connectivity index (χ4n) is 2.27. The van der Waals surface area contributed by atoms with E-state index in [1.165, 1.54) is 4.90 Å². The number of β-amino-alcohol motifs (C(OH)–C–C–N with tert-alkyl or cyclic N) is 1. The molecule has 0 unspecified atom stereocenters. The molecular formula is C15H30NO7P. The molecule has 1 heterocycles. The van der Waals surface area contributed by atoms with E-state index in [-0.39, 0.29) is 39.1 Å². The van der Waals surface area contributed by atoms with Crippen LogP contribution in [0.4, 0.5) is 4.79 Å². The van der Waals surface area contributed by atoms with Crippen LogP contribution in [-0.2, 0) is 23.1 Å². The molecule has 142 valence electrons. The second kappa shape index (κ2) is 9.15. The smallest absolute Gasteiger partial charge is 0.410 e. The Bertz CT molecular complexity index is 442. The van der Waals surface area contributed by atoms with Gasteiger partial charge in [-0.25, -0.2) is 4.79 Å². The minimum absolute atomic E-state index is 0.102. The first-order chi connectivity index (χ1) is 11.1. The Hall–Kier alpha value is -0.660. The first kappa shape index (κ1) is 21.4. The number of carbonyl (C=O) groups excluding carboxylic acids is 1. The van der Waals surface area contributed by atoms with E-state index in [0.29, 0.717) is 0 Å². The highest BCUT2D eigenvalue weighted by Gasteiger charge is 2.37. The Morgan fingerprint density at radius 1 is 1.21 bits per heavy atom. The van der Waals surface area contributed by atoms with Crippen molar-refractivity contribution in [2.24, 2.45) is 0 Å². The molecule has 2 atom stereocenters. The first-order valence-electron chi connectivity index (χ1n) is 8.26. The van der Waals surface area contributed by atoms with Gasteiger partial charge in [-0.05, 0) is 34.6 Å². The number of aliphatic hydroxyl groups is 1. The van der Waals surface area contributed by atoms with Crippen molar-refractivity contribution in [2.45, 2.75) is 52.4 Å². The number of rotatable bonds is 8. The molecule has 0 aromatic heterocycles. The fourth-order valence-corrected chi connectivity index (χ4v) is 3.72. The van der Waals surface area contributed by atoms with Gasteiger partial charge in [0.15, 0.2) is 0 Å². The molecule has 1 N–H and O–H groups in total. The van der Waals surface area contributed by atoms with Gasteiger partial charge in [-0.1, -0.05) is 0 Å². The van der Waals surface area contributed by atoms with Crippen molar-refractivity contribution < 1.29 is 33.0 Å². The zero-order chi connectivity index (χ0) is 18.4. The number of ether oxygens (including phenoxy) is 2. The largest absolute Gasteiger partial charge is 0.444 e. The average Bonchev–Trinajstić information content (AvgIpc) is 2.79. The number of amides is 1. The van der Waals surface area contributed by atoms with E-state index in [1.54, 1.807) is 34.6 Å². The third-order valence-corrected chi connectivity index (χ3v) is 5.27. The molecule has 1 aliphatic rings. The molecule has 1 amide bonds. The Balaban J connectivity index is 2.46. The lowest BCUT2D eigenvalue weighted by Crippen LogP contribution is -2.36. The standard InChI is InChI=1S/C15H30NO7P/c1-6-21-24(19,22-7-2)9-8-20-13-11-16(10-12(13)17)14(18)23-15(3,4)5/h12-13,17H,6-11H2,1-5H3/t12-,13+/m0/s1. The minimum atomic E-state index is -3.17. The van der Waals surface area contributed by atoms with Crippen LogP contribution in [0.2, 0.25) is 0 Å². The van der Waals surface area contributed by atoms with Gasteiger partial charge >= 0.3 is 13.7 Å². The van der Waals surface area contributed by atoms with Crippen molar-refractivity contribution in [1.82, 2.24) is 4.90 Å². The number of carbonyl (C=O) groups is 1. The molecule has 0 spiro atoms. The number of hydrogen-bond acceptors (Lipinski definition) is 7. The second-order valence-electron chi connectivity index (χ2n) is 6.53. The van der Waals surface area contributed by atoms with E-state index in [2.05, 4.69) is 0 Å². The molecule has 0 aliphatic carbocycles. The quantitative estimate of drug-likeness (QED) is 0.658. The normalized spacial score (nSPS) is 22.0. The van der Waals surface area contributed by atoms with Gasteiger partial charge < -0.3 is 28.5 Å². The molecular weight excluding hydrogens is 337 g/mol. The molecule has 0 aromatic rings. The predicted molar refractivity (Wildman–Crippen MR) is 89.3 cm³/mol. The lowest BCUT2D eigenvalue weighted by atomic mass is 10.2. The Labute approximate surface area is 143 Å². The summed E-state index contributed by atoms with van der Waals surface area (Å²) in [5.74, 6) is 0. The van der Waals surface area contributed by atoms with Crippen molar-refractivity contribution in [3.8, 4) is 0 Å². The van der Waals surface area contributed by atoms with E-state index in [4.69, 9.17) is 18.5 Å². The van der Waals surface area contributed by atoms with Crippen LogP contribution in [0.25, 0.3) is 0 Å². The molecule has 1 saturated heterocycles. The van der Waals surface area contributed by atoms with Crippen molar-refractivity contribution in [3.05, 3.63) is 0 Å². The monoisotopic (exact) mass is 367 g/mol.